The van der Waals surface area contributed by atoms with Gasteiger partial charge in [0, 0.05) is 11.6 Å². The number of hydrogen-bond donors (Lipinski definition) is 4. The number of nitrogen functional groups attached to an aromatic ring is 1. The van der Waals surface area contributed by atoms with E-state index in [0.717, 1.165) is 5.56 Å². The molecular weight excluding hydrogens is 300 g/mol. The fourth-order valence-corrected chi connectivity index (χ4v) is 2.17. The number of amides is 1. The summed E-state index contributed by atoms with van der Waals surface area (Å²) in [6.45, 7) is 0. The van der Waals surface area contributed by atoms with Gasteiger partial charge >= 0.3 is 0 Å². The van der Waals surface area contributed by atoms with Crippen LogP contribution in [0.1, 0.15) is 10.5 Å². The number of aromatic amines is 2. The highest BCUT2D eigenvalue weighted by Crippen LogP contribution is 2.22. The van der Waals surface area contributed by atoms with Crippen LogP contribution in [0.2, 0.25) is 0 Å². The average Bonchev–Trinajstić information content (AvgIpc) is 3.27. The normalized spacial score (nSPS) is 11.0. The van der Waals surface area contributed by atoms with Crippen molar-refractivity contribution in [2.45, 2.75) is 0 Å². The molecule has 0 aromatic carbocycles. The Hall–Kier alpha value is -3.69. The van der Waals surface area contributed by atoms with E-state index in [1.165, 1.54) is 6.33 Å². The quantitative estimate of drug-likeness (QED) is 0.443. The van der Waals surface area contributed by atoms with E-state index in [1.54, 1.807) is 24.7 Å². The Labute approximate surface area is 128 Å². The number of anilines is 2. The van der Waals surface area contributed by atoms with Crippen molar-refractivity contribution in [3.63, 3.8) is 0 Å². The van der Waals surface area contributed by atoms with Crippen LogP contribution >= 0.6 is 0 Å². The number of nitrogens with zero attached hydrogens (tertiary/aromatic N) is 4. The second kappa shape index (κ2) is 4.94. The van der Waals surface area contributed by atoms with Gasteiger partial charge < -0.3 is 15.5 Å². The van der Waals surface area contributed by atoms with E-state index in [1.807, 2.05) is 0 Å². The van der Waals surface area contributed by atoms with Crippen LogP contribution in [0.3, 0.4) is 0 Å². The lowest BCUT2D eigenvalue weighted by Crippen LogP contribution is -2.13. The number of carbonyl (C=O) groups is 1. The summed E-state index contributed by atoms with van der Waals surface area (Å²) >= 11 is 0. The van der Waals surface area contributed by atoms with Gasteiger partial charge in [0.1, 0.15) is 12.1 Å². The largest absolute Gasteiger partial charge is 0.472 e. The predicted molar refractivity (Wildman–Crippen MR) is 80.3 cm³/mol. The van der Waals surface area contributed by atoms with Crippen molar-refractivity contribution in [3.05, 3.63) is 36.7 Å². The molecule has 4 heterocycles. The second-order valence-electron chi connectivity index (χ2n) is 4.69. The monoisotopic (exact) mass is 310 g/mol. The molecule has 0 saturated heterocycles. The molecule has 0 fully saturated rings. The molecule has 10 heteroatoms. The number of H-pyrrole nitrogens is 2. The van der Waals surface area contributed by atoms with Crippen molar-refractivity contribution >= 4 is 28.6 Å². The summed E-state index contributed by atoms with van der Waals surface area (Å²) in [5, 5.41) is 16.4. The smallest absolute Gasteiger partial charge is 0.278 e. The van der Waals surface area contributed by atoms with Gasteiger partial charge in [0.2, 0.25) is 0 Å². The van der Waals surface area contributed by atoms with Crippen LogP contribution < -0.4 is 11.1 Å². The van der Waals surface area contributed by atoms with Gasteiger partial charge in [-0.1, -0.05) is 0 Å². The van der Waals surface area contributed by atoms with E-state index in [-0.39, 0.29) is 11.5 Å². The highest BCUT2D eigenvalue weighted by molar-refractivity contribution is 6.12. The van der Waals surface area contributed by atoms with Gasteiger partial charge in [-0.05, 0) is 6.07 Å². The van der Waals surface area contributed by atoms with Crippen LogP contribution in [-0.2, 0) is 0 Å². The van der Waals surface area contributed by atoms with Crippen molar-refractivity contribution in [3.8, 4) is 11.3 Å². The summed E-state index contributed by atoms with van der Waals surface area (Å²) in [5.41, 5.74) is 7.80. The minimum absolute atomic E-state index is 0.103. The van der Waals surface area contributed by atoms with Crippen LogP contribution in [0.25, 0.3) is 22.3 Å². The molecule has 4 aromatic rings. The van der Waals surface area contributed by atoms with Crippen LogP contribution in [0.15, 0.2) is 35.4 Å². The highest BCUT2D eigenvalue weighted by atomic mass is 16.3. The summed E-state index contributed by atoms with van der Waals surface area (Å²) in [6, 6.07) is 3.45. The highest BCUT2D eigenvalue weighted by Gasteiger charge is 2.19. The zero-order chi connectivity index (χ0) is 15.8. The van der Waals surface area contributed by atoms with Crippen LogP contribution in [0.5, 0.6) is 0 Å². The Morgan fingerprint density at radius 1 is 1.26 bits per heavy atom. The first-order valence-electron chi connectivity index (χ1n) is 6.56. The third-order valence-electron chi connectivity index (χ3n) is 3.25. The van der Waals surface area contributed by atoms with Gasteiger partial charge in [-0.3, -0.25) is 15.0 Å². The zero-order valence-electron chi connectivity index (χ0n) is 11.6. The van der Waals surface area contributed by atoms with E-state index in [0.29, 0.717) is 22.5 Å². The topological polar surface area (TPSA) is 151 Å². The van der Waals surface area contributed by atoms with Crippen LogP contribution in [0.4, 0.5) is 11.6 Å². The van der Waals surface area contributed by atoms with E-state index >= 15 is 0 Å². The molecule has 0 aliphatic carbocycles. The van der Waals surface area contributed by atoms with E-state index in [2.05, 4.69) is 35.7 Å². The number of nitrogens with two attached hydrogens (primary N) is 1. The summed E-state index contributed by atoms with van der Waals surface area (Å²) in [6.07, 6.45) is 4.41. The van der Waals surface area contributed by atoms with Gasteiger partial charge in [0.25, 0.3) is 5.91 Å². The molecule has 114 valence electrons. The molecule has 23 heavy (non-hydrogen) atoms. The number of fused-ring (bicyclic) bond motifs is 1. The maximum absolute atomic E-state index is 12.4. The molecule has 0 spiro atoms. The van der Waals surface area contributed by atoms with Gasteiger partial charge in [-0.25, -0.2) is 9.97 Å². The second-order valence-corrected chi connectivity index (χ2v) is 4.69. The fraction of sp³-hybridized carbons (Fsp3) is 0. The molecule has 0 aliphatic rings. The maximum Gasteiger partial charge on any atom is 0.278 e. The first-order valence-corrected chi connectivity index (χ1v) is 6.56. The van der Waals surface area contributed by atoms with Crippen LogP contribution in [-0.4, -0.2) is 36.3 Å². The predicted octanol–water partition coefficient (Wildman–Crippen LogP) is 1.17. The van der Waals surface area contributed by atoms with E-state index < -0.39 is 5.91 Å². The Kier molecular flexibility index (Phi) is 2.80. The Morgan fingerprint density at radius 2 is 2.17 bits per heavy atom. The summed E-state index contributed by atoms with van der Waals surface area (Å²) in [7, 11) is 0. The summed E-state index contributed by atoms with van der Waals surface area (Å²) in [4.78, 5) is 20.2. The lowest BCUT2D eigenvalue weighted by Gasteiger charge is -1.99. The molecule has 0 radical (unpaired) electrons. The van der Waals surface area contributed by atoms with Gasteiger partial charge in [-0.15, -0.1) is 0 Å². The van der Waals surface area contributed by atoms with Crippen molar-refractivity contribution < 1.29 is 9.21 Å². The number of hydrogen-bond acceptors (Lipinski definition) is 7. The SMILES string of the molecule is Nc1ncnc2[nH]nc(C(=O)Nc3cc(-c4ccoc4)[nH]n3)c12. The molecule has 4 aromatic heterocycles. The third kappa shape index (κ3) is 2.18. The molecule has 1 amide bonds. The van der Waals surface area contributed by atoms with Crippen molar-refractivity contribution in [2.75, 3.05) is 11.1 Å². The minimum atomic E-state index is -0.469. The minimum Gasteiger partial charge on any atom is -0.472 e. The van der Waals surface area contributed by atoms with Crippen molar-refractivity contribution in [2.24, 2.45) is 0 Å². The number of furan rings is 1. The van der Waals surface area contributed by atoms with Gasteiger partial charge in [0.05, 0.1) is 23.6 Å². The Balaban J connectivity index is 1.62. The lowest BCUT2D eigenvalue weighted by atomic mass is 10.2. The van der Waals surface area contributed by atoms with E-state index in [9.17, 15) is 4.79 Å². The summed E-state index contributed by atoms with van der Waals surface area (Å²) in [5.74, 6) is 0.0516. The molecule has 0 unspecified atom stereocenters. The number of rotatable bonds is 3. The Morgan fingerprint density at radius 3 is 3.00 bits per heavy atom. The molecule has 0 atom stereocenters. The molecule has 5 N–H and O–H groups in total. The van der Waals surface area contributed by atoms with Gasteiger partial charge in [0.15, 0.2) is 17.2 Å². The first kappa shape index (κ1) is 13.0. The number of nitrogens with one attached hydrogen (secondary N) is 3. The molecule has 0 bridgehead atoms. The fourth-order valence-electron chi connectivity index (χ4n) is 2.17. The lowest BCUT2D eigenvalue weighted by molar-refractivity contribution is 0.102. The first-order chi connectivity index (χ1) is 11.2. The molecule has 0 aliphatic heterocycles. The van der Waals surface area contributed by atoms with E-state index in [4.69, 9.17) is 10.2 Å². The molecule has 4 rings (SSSR count). The number of aromatic nitrogens is 6. The maximum atomic E-state index is 12.4. The molecular formula is C13H10N8O2. The number of carbonyl (C=O) groups excluding carboxylic acids is 1. The zero-order valence-corrected chi connectivity index (χ0v) is 11.6. The van der Waals surface area contributed by atoms with Crippen molar-refractivity contribution in [1.29, 1.82) is 0 Å². The Bertz CT molecular complexity index is 985. The summed E-state index contributed by atoms with van der Waals surface area (Å²) < 4.78 is 5.00. The molecule has 10 nitrogen and oxygen atoms in total. The van der Waals surface area contributed by atoms with Gasteiger partial charge in [-0.2, -0.15) is 10.2 Å². The van der Waals surface area contributed by atoms with Crippen LogP contribution in [0, 0.1) is 0 Å². The average molecular weight is 310 g/mol. The standard InChI is InChI=1S/C13H10N8O2/c14-11-9-10(20-21-12(9)16-5-15-11)13(22)17-8-3-7(18-19-8)6-1-2-23-4-6/h1-5H,(H2,17,18,19,22)(H3,14,15,16,20,21). The van der Waals surface area contributed by atoms with Crippen molar-refractivity contribution in [1.82, 2.24) is 30.4 Å². The molecule has 0 saturated carbocycles. The third-order valence-corrected chi connectivity index (χ3v) is 3.25.